The first-order chi connectivity index (χ1) is 13.4. The Morgan fingerprint density at radius 1 is 1.21 bits per heavy atom. The van der Waals surface area contributed by atoms with Gasteiger partial charge in [0.2, 0.25) is 11.8 Å². The van der Waals surface area contributed by atoms with Gasteiger partial charge < -0.3 is 14.3 Å². The first kappa shape index (κ1) is 18.3. The van der Waals surface area contributed by atoms with Crippen molar-refractivity contribution in [1.29, 1.82) is 0 Å². The van der Waals surface area contributed by atoms with Gasteiger partial charge in [-0.25, -0.2) is 0 Å². The lowest BCUT2D eigenvalue weighted by molar-refractivity contribution is -0.125. The Hall–Kier alpha value is -3.07. The molecule has 2 aromatic heterocycles. The maximum Gasteiger partial charge on any atom is 0.250 e. The number of nitrogens with one attached hydrogen (secondary N) is 1. The highest BCUT2D eigenvalue weighted by Crippen LogP contribution is 2.37. The van der Waals surface area contributed by atoms with Gasteiger partial charge in [-0.3, -0.25) is 14.5 Å². The van der Waals surface area contributed by atoms with Gasteiger partial charge in [0.05, 0.1) is 23.4 Å². The number of benzene rings is 1. The molecule has 1 N–H and O–H groups in total. The van der Waals surface area contributed by atoms with E-state index in [1.807, 2.05) is 25.2 Å². The van der Waals surface area contributed by atoms with Crippen LogP contribution in [0.25, 0.3) is 11.6 Å². The number of carbonyl (C=O) groups is 2. The van der Waals surface area contributed by atoms with Crippen molar-refractivity contribution < 1.29 is 14.0 Å². The number of aromatic nitrogens is 3. The molecule has 0 aliphatic carbocycles. The van der Waals surface area contributed by atoms with Crippen LogP contribution in [0.5, 0.6) is 0 Å². The number of nitrogens with zero attached hydrogens (tertiary/aromatic N) is 4. The van der Waals surface area contributed by atoms with Gasteiger partial charge in [0, 0.05) is 7.05 Å². The molecule has 0 bridgehead atoms. The summed E-state index contributed by atoms with van der Waals surface area (Å²) in [4.78, 5) is 27.2. The molecule has 1 aliphatic heterocycles. The molecule has 28 heavy (non-hydrogen) atoms. The van der Waals surface area contributed by atoms with Crippen molar-refractivity contribution in [3.63, 3.8) is 0 Å². The van der Waals surface area contributed by atoms with Gasteiger partial charge in [-0.2, -0.15) is 0 Å². The Labute approximate surface area is 165 Å². The third-order valence-corrected chi connectivity index (χ3v) is 5.66. The highest BCUT2D eigenvalue weighted by Gasteiger charge is 2.43. The number of carbonyl (C=O) groups excluding carboxylic acids is 2. The standard InChI is InChI=1S/C19H19N5O3S/c1-19(2)17(26)20-12-7-4-5-8-13(12)24(19)15(25)11-28-18-22-21-16(23(18)3)14-9-6-10-27-14/h4-10H,11H2,1-3H3,(H,20,26). The van der Waals surface area contributed by atoms with Crippen LogP contribution in [-0.2, 0) is 16.6 Å². The van der Waals surface area contributed by atoms with Crippen LogP contribution in [0, 0.1) is 0 Å². The summed E-state index contributed by atoms with van der Waals surface area (Å²) in [5, 5.41) is 11.7. The first-order valence-electron chi connectivity index (χ1n) is 8.69. The van der Waals surface area contributed by atoms with E-state index in [0.717, 1.165) is 0 Å². The van der Waals surface area contributed by atoms with E-state index in [1.54, 1.807) is 47.8 Å². The second-order valence-electron chi connectivity index (χ2n) is 6.89. The van der Waals surface area contributed by atoms with Crippen LogP contribution in [0.15, 0.2) is 52.2 Å². The van der Waals surface area contributed by atoms with Crippen LogP contribution in [0.3, 0.4) is 0 Å². The van der Waals surface area contributed by atoms with Gasteiger partial charge in [0.15, 0.2) is 16.7 Å². The molecule has 9 heteroatoms. The zero-order chi connectivity index (χ0) is 19.9. The van der Waals surface area contributed by atoms with Crippen molar-refractivity contribution in [2.24, 2.45) is 7.05 Å². The van der Waals surface area contributed by atoms with Gasteiger partial charge in [-0.15, -0.1) is 10.2 Å². The number of para-hydroxylation sites is 2. The van der Waals surface area contributed by atoms with Crippen molar-refractivity contribution in [3.8, 4) is 11.6 Å². The molecule has 0 unspecified atom stereocenters. The Kier molecular flexibility index (Phi) is 4.46. The molecular formula is C19H19N5O3S. The molecular weight excluding hydrogens is 378 g/mol. The third-order valence-electron chi connectivity index (χ3n) is 4.66. The Balaban J connectivity index is 1.56. The lowest BCUT2D eigenvalue weighted by Crippen LogP contribution is -2.59. The van der Waals surface area contributed by atoms with Crippen molar-refractivity contribution in [2.75, 3.05) is 16.0 Å². The van der Waals surface area contributed by atoms with Crippen molar-refractivity contribution in [3.05, 3.63) is 42.7 Å². The minimum absolute atomic E-state index is 0.120. The first-order valence-corrected chi connectivity index (χ1v) is 9.68. The number of hydrogen-bond acceptors (Lipinski definition) is 6. The summed E-state index contributed by atoms with van der Waals surface area (Å²) in [6.07, 6.45) is 1.57. The van der Waals surface area contributed by atoms with Gasteiger partial charge in [0.25, 0.3) is 0 Å². The Morgan fingerprint density at radius 3 is 2.75 bits per heavy atom. The average molecular weight is 397 g/mol. The van der Waals surface area contributed by atoms with Crippen LogP contribution in [0.1, 0.15) is 13.8 Å². The molecule has 0 saturated carbocycles. The zero-order valence-corrected chi connectivity index (χ0v) is 16.5. The molecule has 1 aromatic carbocycles. The highest BCUT2D eigenvalue weighted by atomic mass is 32.2. The molecule has 2 amide bonds. The third kappa shape index (κ3) is 2.97. The molecule has 0 radical (unpaired) electrons. The average Bonchev–Trinajstić information content (AvgIpc) is 3.30. The number of thioether (sulfide) groups is 1. The van der Waals surface area contributed by atoms with Crippen LogP contribution in [0.2, 0.25) is 0 Å². The predicted octanol–water partition coefficient (Wildman–Crippen LogP) is 2.93. The lowest BCUT2D eigenvalue weighted by atomic mass is 9.96. The molecule has 0 atom stereocenters. The number of furan rings is 1. The van der Waals surface area contributed by atoms with Gasteiger partial charge in [0.1, 0.15) is 5.54 Å². The molecule has 0 spiro atoms. The Morgan fingerprint density at radius 2 is 2.00 bits per heavy atom. The summed E-state index contributed by atoms with van der Waals surface area (Å²) in [5.41, 5.74) is 0.321. The highest BCUT2D eigenvalue weighted by molar-refractivity contribution is 7.99. The minimum atomic E-state index is -0.995. The lowest BCUT2D eigenvalue weighted by Gasteiger charge is -2.42. The van der Waals surface area contributed by atoms with Crippen LogP contribution in [-0.4, -0.2) is 37.9 Å². The van der Waals surface area contributed by atoms with Gasteiger partial charge in [-0.1, -0.05) is 23.9 Å². The number of hydrogen-bond donors (Lipinski definition) is 1. The van der Waals surface area contributed by atoms with E-state index in [2.05, 4.69) is 15.5 Å². The van der Waals surface area contributed by atoms with Crippen LogP contribution in [0.4, 0.5) is 11.4 Å². The van der Waals surface area contributed by atoms with E-state index < -0.39 is 5.54 Å². The number of fused-ring (bicyclic) bond motifs is 1. The molecule has 4 rings (SSSR count). The number of amides is 2. The smallest absolute Gasteiger partial charge is 0.250 e. The van der Waals surface area contributed by atoms with E-state index >= 15 is 0 Å². The van der Waals surface area contributed by atoms with Crippen LogP contribution >= 0.6 is 11.8 Å². The predicted molar refractivity (Wildman–Crippen MR) is 106 cm³/mol. The summed E-state index contributed by atoms with van der Waals surface area (Å²) >= 11 is 1.27. The molecule has 8 nitrogen and oxygen atoms in total. The monoisotopic (exact) mass is 397 g/mol. The number of rotatable bonds is 4. The van der Waals surface area contributed by atoms with Crippen molar-refractivity contribution >= 4 is 35.0 Å². The second kappa shape index (κ2) is 6.83. The van der Waals surface area contributed by atoms with E-state index in [1.165, 1.54) is 11.8 Å². The largest absolute Gasteiger partial charge is 0.461 e. The summed E-state index contributed by atoms with van der Waals surface area (Å²) in [7, 11) is 1.82. The molecule has 3 heterocycles. The quantitative estimate of drug-likeness (QED) is 0.681. The second-order valence-corrected chi connectivity index (χ2v) is 7.83. The SMILES string of the molecule is Cn1c(SCC(=O)N2c3ccccc3NC(=O)C2(C)C)nnc1-c1ccco1. The van der Waals surface area contributed by atoms with Crippen LogP contribution < -0.4 is 10.2 Å². The zero-order valence-electron chi connectivity index (χ0n) is 15.7. The topological polar surface area (TPSA) is 93.3 Å². The maximum atomic E-state index is 13.1. The molecule has 0 saturated heterocycles. The molecule has 1 aliphatic rings. The minimum Gasteiger partial charge on any atom is -0.461 e. The fraction of sp³-hybridized carbons (Fsp3) is 0.263. The summed E-state index contributed by atoms with van der Waals surface area (Å²) in [6.45, 7) is 3.47. The van der Waals surface area contributed by atoms with Gasteiger partial charge in [-0.05, 0) is 38.1 Å². The Bertz CT molecular complexity index is 1040. The van der Waals surface area contributed by atoms with Crippen molar-refractivity contribution in [1.82, 2.24) is 14.8 Å². The fourth-order valence-electron chi connectivity index (χ4n) is 3.15. The fourth-order valence-corrected chi connectivity index (χ4v) is 3.91. The van der Waals surface area contributed by atoms with E-state index in [0.29, 0.717) is 28.1 Å². The normalized spacial score (nSPS) is 15.2. The summed E-state index contributed by atoms with van der Waals surface area (Å²) in [6, 6.07) is 10.9. The number of anilines is 2. The van der Waals surface area contributed by atoms with Crippen molar-refractivity contribution in [2.45, 2.75) is 24.5 Å². The molecule has 0 fully saturated rings. The van der Waals surface area contributed by atoms with E-state index in [-0.39, 0.29) is 17.6 Å². The molecule has 3 aromatic rings. The summed E-state index contributed by atoms with van der Waals surface area (Å²) < 4.78 is 7.14. The molecule has 144 valence electrons. The van der Waals surface area contributed by atoms with E-state index in [4.69, 9.17) is 4.42 Å². The van der Waals surface area contributed by atoms with Gasteiger partial charge >= 0.3 is 0 Å². The van der Waals surface area contributed by atoms with E-state index in [9.17, 15) is 9.59 Å². The maximum absolute atomic E-state index is 13.1. The summed E-state index contributed by atoms with van der Waals surface area (Å²) in [5.74, 6) is 0.914.